The van der Waals surface area contributed by atoms with Crippen molar-refractivity contribution in [3.05, 3.63) is 40.6 Å². The SMILES string of the molecule is CCCCCNC(=O)c1sccc1S(=O)(=O)N1CCN(c2ccc(OC)cc2)CC1. The Kier molecular flexibility index (Phi) is 7.74. The zero-order chi connectivity index (χ0) is 21.6. The number of carbonyl (C=O) groups is 1. The molecule has 164 valence electrons. The van der Waals surface area contributed by atoms with Crippen molar-refractivity contribution in [2.75, 3.05) is 44.7 Å². The molecule has 30 heavy (non-hydrogen) atoms. The lowest BCUT2D eigenvalue weighted by Crippen LogP contribution is -2.48. The van der Waals surface area contributed by atoms with Crippen molar-refractivity contribution in [2.24, 2.45) is 0 Å². The van der Waals surface area contributed by atoms with Crippen LogP contribution in [0.5, 0.6) is 5.75 Å². The van der Waals surface area contributed by atoms with Crippen molar-refractivity contribution >= 4 is 33.0 Å². The average molecular weight is 452 g/mol. The number of methoxy groups -OCH3 is 1. The molecule has 1 aliphatic rings. The van der Waals surface area contributed by atoms with E-state index in [9.17, 15) is 13.2 Å². The molecule has 2 aromatic rings. The van der Waals surface area contributed by atoms with Gasteiger partial charge in [-0.05, 0) is 42.1 Å². The molecule has 1 fully saturated rings. The van der Waals surface area contributed by atoms with E-state index in [1.807, 2.05) is 24.3 Å². The van der Waals surface area contributed by atoms with Gasteiger partial charge in [0.15, 0.2) is 0 Å². The molecule has 7 nitrogen and oxygen atoms in total. The van der Waals surface area contributed by atoms with E-state index in [4.69, 9.17) is 4.74 Å². The van der Waals surface area contributed by atoms with Gasteiger partial charge in [0, 0.05) is 38.4 Å². The highest BCUT2D eigenvalue weighted by Gasteiger charge is 2.32. The number of hydrogen-bond acceptors (Lipinski definition) is 6. The van der Waals surface area contributed by atoms with Crippen LogP contribution in [0.2, 0.25) is 0 Å². The molecule has 0 saturated carbocycles. The van der Waals surface area contributed by atoms with Gasteiger partial charge in [-0.1, -0.05) is 19.8 Å². The molecular formula is C21H29N3O4S2. The quantitative estimate of drug-likeness (QED) is 0.593. The zero-order valence-corrected chi connectivity index (χ0v) is 19.1. The number of rotatable bonds is 9. The fraction of sp³-hybridized carbons (Fsp3) is 0.476. The van der Waals surface area contributed by atoms with E-state index >= 15 is 0 Å². The van der Waals surface area contributed by atoms with Crippen LogP contribution in [0.1, 0.15) is 35.9 Å². The number of benzene rings is 1. The number of hydrogen-bond donors (Lipinski definition) is 1. The average Bonchev–Trinajstić information content (AvgIpc) is 3.28. The second-order valence-electron chi connectivity index (χ2n) is 7.17. The van der Waals surface area contributed by atoms with Crippen LogP contribution in [0.3, 0.4) is 0 Å². The molecule has 9 heteroatoms. The van der Waals surface area contributed by atoms with E-state index in [2.05, 4.69) is 17.1 Å². The highest BCUT2D eigenvalue weighted by atomic mass is 32.2. The van der Waals surface area contributed by atoms with E-state index in [0.717, 1.165) is 30.7 Å². The maximum atomic E-state index is 13.2. The predicted molar refractivity (Wildman–Crippen MR) is 120 cm³/mol. The second kappa shape index (κ2) is 10.3. The van der Waals surface area contributed by atoms with Crippen LogP contribution < -0.4 is 15.0 Å². The van der Waals surface area contributed by atoms with Crippen molar-refractivity contribution in [1.29, 1.82) is 0 Å². The smallest absolute Gasteiger partial charge is 0.262 e. The highest BCUT2D eigenvalue weighted by molar-refractivity contribution is 7.89. The maximum absolute atomic E-state index is 13.2. The summed E-state index contributed by atoms with van der Waals surface area (Å²) < 4.78 is 33.1. The van der Waals surface area contributed by atoms with E-state index in [1.54, 1.807) is 12.5 Å². The Morgan fingerprint density at radius 2 is 1.80 bits per heavy atom. The number of anilines is 1. The van der Waals surface area contributed by atoms with Crippen molar-refractivity contribution in [3.63, 3.8) is 0 Å². The van der Waals surface area contributed by atoms with Crippen LogP contribution in [-0.4, -0.2) is 58.5 Å². The number of amides is 1. The van der Waals surface area contributed by atoms with Crippen molar-refractivity contribution in [3.8, 4) is 5.75 Å². The normalized spacial score (nSPS) is 15.2. The van der Waals surface area contributed by atoms with E-state index in [0.29, 0.717) is 32.7 Å². The zero-order valence-electron chi connectivity index (χ0n) is 17.5. The molecule has 1 saturated heterocycles. The number of thiophene rings is 1. The fourth-order valence-corrected chi connectivity index (χ4v) is 6.18. The summed E-state index contributed by atoms with van der Waals surface area (Å²) in [5, 5.41) is 4.51. The van der Waals surface area contributed by atoms with Gasteiger partial charge >= 0.3 is 0 Å². The summed E-state index contributed by atoms with van der Waals surface area (Å²) in [5.74, 6) is 0.481. The monoisotopic (exact) mass is 451 g/mol. The lowest BCUT2D eigenvalue weighted by molar-refractivity contribution is 0.0954. The lowest BCUT2D eigenvalue weighted by atomic mass is 10.2. The molecule has 0 atom stereocenters. The minimum atomic E-state index is -3.71. The Morgan fingerprint density at radius 1 is 1.10 bits per heavy atom. The number of unbranched alkanes of at least 4 members (excludes halogenated alkanes) is 2. The lowest BCUT2D eigenvalue weighted by Gasteiger charge is -2.35. The Bertz CT molecular complexity index is 933. The van der Waals surface area contributed by atoms with Gasteiger partial charge in [0.05, 0.1) is 7.11 Å². The molecule has 1 aromatic heterocycles. The largest absolute Gasteiger partial charge is 0.497 e. The van der Waals surface area contributed by atoms with Gasteiger partial charge in [-0.25, -0.2) is 8.42 Å². The summed E-state index contributed by atoms with van der Waals surface area (Å²) in [6.07, 6.45) is 2.99. The van der Waals surface area contributed by atoms with Gasteiger partial charge in [-0.3, -0.25) is 4.79 Å². The van der Waals surface area contributed by atoms with Gasteiger partial charge in [-0.15, -0.1) is 11.3 Å². The molecule has 3 rings (SSSR count). The van der Waals surface area contributed by atoms with Gasteiger partial charge < -0.3 is 15.0 Å². The van der Waals surface area contributed by atoms with Crippen molar-refractivity contribution in [1.82, 2.24) is 9.62 Å². The van der Waals surface area contributed by atoms with E-state index < -0.39 is 10.0 Å². The summed E-state index contributed by atoms with van der Waals surface area (Å²) in [6.45, 7) is 4.59. The summed E-state index contributed by atoms with van der Waals surface area (Å²) in [7, 11) is -2.08. The molecule has 0 radical (unpaired) electrons. The van der Waals surface area contributed by atoms with E-state index in [1.165, 1.54) is 21.7 Å². The molecule has 1 N–H and O–H groups in total. The maximum Gasteiger partial charge on any atom is 0.262 e. The second-order valence-corrected chi connectivity index (χ2v) is 9.99. The van der Waals surface area contributed by atoms with Crippen LogP contribution in [0.15, 0.2) is 40.6 Å². The highest BCUT2D eigenvalue weighted by Crippen LogP contribution is 2.27. The Balaban J connectivity index is 1.64. The Hall–Kier alpha value is -2.10. The first-order valence-corrected chi connectivity index (χ1v) is 12.5. The summed E-state index contributed by atoms with van der Waals surface area (Å²) >= 11 is 1.17. The Labute approximate surface area is 182 Å². The first-order chi connectivity index (χ1) is 14.5. The number of piperazine rings is 1. The van der Waals surface area contributed by atoms with Gasteiger partial charge in [0.2, 0.25) is 10.0 Å². The number of ether oxygens (including phenoxy) is 1. The van der Waals surface area contributed by atoms with Crippen LogP contribution in [0.25, 0.3) is 0 Å². The van der Waals surface area contributed by atoms with E-state index in [-0.39, 0.29) is 15.7 Å². The predicted octanol–water partition coefficient (Wildman–Crippen LogP) is 3.19. The first kappa shape index (κ1) is 22.6. The van der Waals surface area contributed by atoms with Crippen LogP contribution in [0.4, 0.5) is 5.69 Å². The molecule has 2 heterocycles. The molecule has 0 bridgehead atoms. The third-order valence-corrected chi connectivity index (χ3v) is 8.18. The van der Waals surface area contributed by atoms with Crippen molar-refractivity contribution < 1.29 is 17.9 Å². The van der Waals surface area contributed by atoms with Gasteiger partial charge in [0.1, 0.15) is 15.5 Å². The molecule has 1 amide bonds. The van der Waals surface area contributed by atoms with Crippen LogP contribution >= 0.6 is 11.3 Å². The summed E-state index contributed by atoms with van der Waals surface area (Å²) in [4.78, 5) is 15.0. The van der Waals surface area contributed by atoms with Crippen molar-refractivity contribution in [2.45, 2.75) is 31.1 Å². The molecule has 0 unspecified atom stereocenters. The number of carbonyl (C=O) groups excluding carboxylic acids is 1. The number of nitrogens with zero attached hydrogens (tertiary/aromatic N) is 2. The molecule has 0 aliphatic carbocycles. The summed E-state index contributed by atoms with van der Waals surface area (Å²) in [6, 6.07) is 9.28. The fourth-order valence-electron chi connectivity index (χ4n) is 3.44. The van der Waals surface area contributed by atoms with Gasteiger partial charge in [-0.2, -0.15) is 4.31 Å². The molecule has 1 aliphatic heterocycles. The van der Waals surface area contributed by atoms with Crippen LogP contribution in [0, 0.1) is 0 Å². The molecular weight excluding hydrogens is 422 g/mol. The first-order valence-electron chi connectivity index (χ1n) is 10.2. The van der Waals surface area contributed by atoms with Gasteiger partial charge in [0.25, 0.3) is 5.91 Å². The standard InChI is InChI=1S/C21H29N3O4S2/c1-3-4-5-11-22-21(25)20-19(10-16-29-20)30(26,27)24-14-12-23(13-15-24)17-6-8-18(28-2)9-7-17/h6-10,16H,3-5,11-15H2,1-2H3,(H,22,25). The minimum Gasteiger partial charge on any atom is -0.497 e. The minimum absolute atomic E-state index is 0.110. The molecule has 0 spiro atoms. The van der Waals surface area contributed by atoms with Crippen LogP contribution in [-0.2, 0) is 10.0 Å². The molecule has 1 aromatic carbocycles. The summed E-state index contributed by atoms with van der Waals surface area (Å²) in [5.41, 5.74) is 1.04. The third-order valence-electron chi connectivity index (χ3n) is 5.20. The topological polar surface area (TPSA) is 79.0 Å². The number of sulfonamides is 1. The number of nitrogens with one attached hydrogen (secondary N) is 1. The third kappa shape index (κ3) is 5.14. The Morgan fingerprint density at radius 3 is 2.43 bits per heavy atom.